The average molecular weight is 600 g/mol. The summed E-state index contributed by atoms with van der Waals surface area (Å²) in [5.41, 5.74) is 0. The molecule has 246 valence electrons. The summed E-state index contributed by atoms with van der Waals surface area (Å²) in [6.07, 6.45) is 33.7. The third-order valence-electron chi connectivity index (χ3n) is 6.06. The van der Waals surface area contributed by atoms with Crippen molar-refractivity contribution in [3.8, 4) is 0 Å². The molecule has 0 saturated heterocycles. The Morgan fingerprint density at radius 2 is 0.410 bits per heavy atom. The van der Waals surface area contributed by atoms with Crippen LogP contribution in [-0.2, 0) is 0 Å². The largest absolute Gasteiger partial charge is 0.107 e. The molecule has 0 radical (unpaired) electrons. The maximum Gasteiger partial charge on any atom is 0.107 e. The molecule has 2 heteroatoms. The molecule has 0 bridgehead atoms. The fraction of sp³-hybridized carbons (Fsp3) is 1.00. The minimum Gasteiger partial charge on any atom is -0.105 e. The van der Waals surface area contributed by atoms with Crippen molar-refractivity contribution in [3.05, 3.63) is 0 Å². The molecule has 0 spiro atoms. The monoisotopic (exact) mass is 599 g/mol. The standard InChI is InChI=1S/C7H14Cl2.5C6H14/c1-2-3-4-5-6-7(8)9;5*1-3-5-6-4-2/h7H,2-6H2,1H3;5*3-6H2,1-2H3. The second-order valence-corrected chi connectivity index (χ2v) is 12.1. The van der Waals surface area contributed by atoms with Crippen LogP contribution in [0.3, 0.4) is 0 Å². The Bertz CT molecular complexity index is 212. The van der Waals surface area contributed by atoms with Gasteiger partial charge in [-0.25, -0.2) is 0 Å². The van der Waals surface area contributed by atoms with Gasteiger partial charge in [0.15, 0.2) is 0 Å². The second kappa shape index (κ2) is 66.7. The second-order valence-electron chi connectivity index (χ2n) is 10.8. The Morgan fingerprint density at radius 3 is 0.538 bits per heavy atom. The van der Waals surface area contributed by atoms with Gasteiger partial charge in [-0.1, -0.05) is 230 Å². The van der Waals surface area contributed by atoms with Crippen molar-refractivity contribution in [2.45, 2.75) is 242 Å². The number of hydrogen-bond acceptors (Lipinski definition) is 0. The first kappa shape index (κ1) is 52.2. The van der Waals surface area contributed by atoms with Crippen LogP contribution >= 0.6 is 23.2 Å². The first-order chi connectivity index (χ1) is 18.8. The molecule has 0 aromatic rings. The number of hydrogen-bond donors (Lipinski definition) is 0. The topological polar surface area (TPSA) is 0 Å². The zero-order valence-electron chi connectivity index (χ0n) is 30.0. The van der Waals surface area contributed by atoms with Gasteiger partial charge in [-0.05, 0) is 6.42 Å². The highest BCUT2D eigenvalue weighted by Gasteiger charge is 1.96. The molecular formula is C37H84Cl2. The molecule has 0 fully saturated rings. The van der Waals surface area contributed by atoms with Crippen LogP contribution in [0.2, 0.25) is 0 Å². The van der Waals surface area contributed by atoms with Gasteiger partial charge < -0.3 is 0 Å². The molecule has 0 aromatic heterocycles. The summed E-state index contributed by atoms with van der Waals surface area (Å²) in [6.45, 7) is 24.5. The lowest BCUT2D eigenvalue weighted by Gasteiger charge is -1.98. The molecule has 0 rings (SSSR count). The molecule has 0 aliphatic heterocycles. The quantitative estimate of drug-likeness (QED) is 0.0964. The van der Waals surface area contributed by atoms with Crippen molar-refractivity contribution in [2.24, 2.45) is 0 Å². The smallest absolute Gasteiger partial charge is 0.105 e. The van der Waals surface area contributed by atoms with Crippen LogP contribution in [0.25, 0.3) is 0 Å². The van der Waals surface area contributed by atoms with E-state index in [1.807, 2.05) is 0 Å². The van der Waals surface area contributed by atoms with Gasteiger partial charge >= 0.3 is 0 Å². The van der Waals surface area contributed by atoms with E-state index >= 15 is 0 Å². The molecule has 0 aliphatic carbocycles. The van der Waals surface area contributed by atoms with Crippen LogP contribution in [0.5, 0.6) is 0 Å². The molecule has 0 saturated carbocycles. The van der Waals surface area contributed by atoms with Crippen molar-refractivity contribution in [1.29, 1.82) is 0 Å². The van der Waals surface area contributed by atoms with Crippen molar-refractivity contribution >= 4 is 23.2 Å². The van der Waals surface area contributed by atoms with E-state index in [1.165, 1.54) is 154 Å². The van der Waals surface area contributed by atoms with E-state index in [0.29, 0.717) is 0 Å². The maximum absolute atomic E-state index is 5.52. The predicted octanol–water partition coefficient (Wildman–Crippen LogP) is 16.7. The Hall–Kier alpha value is 0.580. The minimum atomic E-state index is -0.151. The highest BCUT2D eigenvalue weighted by molar-refractivity contribution is 6.44. The zero-order valence-corrected chi connectivity index (χ0v) is 31.5. The van der Waals surface area contributed by atoms with E-state index in [-0.39, 0.29) is 4.84 Å². The first-order valence-electron chi connectivity index (χ1n) is 18.1. The van der Waals surface area contributed by atoms with Crippen molar-refractivity contribution < 1.29 is 0 Å². The van der Waals surface area contributed by atoms with Crippen molar-refractivity contribution in [1.82, 2.24) is 0 Å². The van der Waals surface area contributed by atoms with E-state index in [1.54, 1.807) is 0 Å². The predicted molar refractivity (Wildman–Crippen MR) is 193 cm³/mol. The summed E-state index contributed by atoms with van der Waals surface area (Å²) in [5, 5.41) is 0. The molecule has 39 heavy (non-hydrogen) atoms. The highest BCUT2D eigenvalue weighted by atomic mass is 35.5. The van der Waals surface area contributed by atoms with Crippen LogP contribution in [0.1, 0.15) is 237 Å². The van der Waals surface area contributed by atoms with E-state index in [4.69, 9.17) is 23.2 Å². The minimum absolute atomic E-state index is 0.151. The number of halogens is 2. The lowest BCUT2D eigenvalue weighted by molar-refractivity contribution is 0.650. The first-order valence-corrected chi connectivity index (χ1v) is 19.0. The van der Waals surface area contributed by atoms with Gasteiger partial charge in [-0.15, -0.1) is 23.2 Å². The van der Waals surface area contributed by atoms with Crippen LogP contribution < -0.4 is 0 Å². The molecule has 0 aliphatic rings. The summed E-state index contributed by atoms with van der Waals surface area (Å²) in [6, 6.07) is 0. The van der Waals surface area contributed by atoms with E-state index in [0.717, 1.165) is 6.42 Å². The lowest BCUT2D eigenvalue weighted by Crippen LogP contribution is -1.85. The number of unbranched alkanes of at least 4 members (excludes halogenated alkanes) is 18. The summed E-state index contributed by atoms with van der Waals surface area (Å²) >= 11 is 11.0. The zero-order chi connectivity index (χ0) is 31.3. The van der Waals surface area contributed by atoms with Crippen molar-refractivity contribution in [2.75, 3.05) is 0 Å². The Labute approximate surface area is 264 Å². The van der Waals surface area contributed by atoms with Crippen LogP contribution in [0, 0.1) is 0 Å². The normalized spacial score (nSPS) is 9.38. The van der Waals surface area contributed by atoms with Crippen LogP contribution in [0.15, 0.2) is 0 Å². The highest BCUT2D eigenvalue weighted by Crippen LogP contribution is 2.12. The van der Waals surface area contributed by atoms with Gasteiger partial charge in [-0.2, -0.15) is 0 Å². The molecule has 0 amide bonds. The van der Waals surface area contributed by atoms with E-state index in [9.17, 15) is 0 Å². The number of rotatable bonds is 20. The Morgan fingerprint density at radius 1 is 0.256 bits per heavy atom. The lowest BCUT2D eigenvalue weighted by atomic mass is 10.2. The summed E-state index contributed by atoms with van der Waals surface area (Å²) in [5.74, 6) is 0. The van der Waals surface area contributed by atoms with Crippen LogP contribution in [-0.4, -0.2) is 4.84 Å². The third-order valence-corrected chi connectivity index (χ3v) is 6.50. The van der Waals surface area contributed by atoms with Gasteiger partial charge in [0.2, 0.25) is 0 Å². The van der Waals surface area contributed by atoms with Gasteiger partial charge in [0, 0.05) is 0 Å². The fourth-order valence-electron chi connectivity index (χ4n) is 3.23. The summed E-state index contributed by atoms with van der Waals surface area (Å²) in [4.78, 5) is -0.151. The maximum atomic E-state index is 5.52. The molecule has 0 N–H and O–H groups in total. The SMILES string of the molecule is CCCCCC.CCCCCC.CCCCCC.CCCCCC.CCCCCC.CCCCCCC(Cl)Cl. The number of alkyl halides is 2. The molecule has 0 nitrogen and oxygen atoms in total. The van der Waals surface area contributed by atoms with E-state index in [2.05, 4.69) is 76.2 Å². The third kappa shape index (κ3) is 111. The van der Waals surface area contributed by atoms with Gasteiger partial charge in [0.05, 0.1) is 0 Å². The molecule has 0 atom stereocenters. The van der Waals surface area contributed by atoms with Gasteiger partial charge in [0.25, 0.3) is 0 Å². The Balaban J connectivity index is -0.0000000845. The summed E-state index contributed by atoms with van der Waals surface area (Å²) < 4.78 is 0. The summed E-state index contributed by atoms with van der Waals surface area (Å²) in [7, 11) is 0. The fourth-order valence-corrected chi connectivity index (χ4v) is 3.53. The molecule has 0 heterocycles. The van der Waals surface area contributed by atoms with Crippen LogP contribution in [0.4, 0.5) is 0 Å². The van der Waals surface area contributed by atoms with Gasteiger partial charge in [-0.3, -0.25) is 0 Å². The molecule has 0 aromatic carbocycles. The van der Waals surface area contributed by atoms with Gasteiger partial charge in [0.1, 0.15) is 4.84 Å². The molecular weight excluding hydrogens is 515 g/mol. The Kier molecular flexibility index (Phi) is 89.4. The van der Waals surface area contributed by atoms with Crippen molar-refractivity contribution in [3.63, 3.8) is 0 Å². The average Bonchev–Trinajstić information content (AvgIpc) is 2.95. The molecule has 0 unspecified atom stereocenters. The van der Waals surface area contributed by atoms with E-state index < -0.39 is 0 Å².